The lowest BCUT2D eigenvalue weighted by molar-refractivity contribution is -0.380. The molecule has 310 valence electrons. The highest BCUT2D eigenvalue weighted by Crippen LogP contribution is 2.40. The Morgan fingerprint density at radius 2 is 1.59 bits per heavy atom. The lowest BCUT2D eigenvalue weighted by Gasteiger charge is -2.13. The van der Waals surface area contributed by atoms with Crippen molar-refractivity contribution in [2.24, 2.45) is 4.99 Å². The number of unbranched alkanes of at least 4 members (excludes halogenated alkanes) is 6. The molecule has 15 nitrogen and oxygen atoms in total. The number of nitro groups is 1. The van der Waals surface area contributed by atoms with Crippen molar-refractivity contribution in [3.63, 3.8) is 0 Å². The number of rotatable bonds is 18. The van der Waals surface area contributed by atoms with Crippen LogP contribution in [0.2, 0.25) is 5.02 Å². The Morgan fingerprint density at radius 3 is 2.27 bits per heavy atom. The van der Waals surface area contributed by atoms with E-state index in [1.54, 1.807) is 29.5 Å². The van der Waals surface area contributed by atoms with E-state index in [0.717, 1.165) is 95.2 Å². The summed E-state index contributed by atoms with van der Waals surface area (Å²) < 4.78 is 2.05. The van der Waals surface area contributed by atoms with E-state index in [1.165, 1.54) is 18.7 Å². The molecular formula is C41H47ClN10O5S2. The summed E-state index contributed by atoms with van der Waals surface area (Å²) in [6, 6.07) is 12.2. The van der Waals surface area contributed by atoms with Crippen molar-refractivity contribution in [1.82, 2.24) is 25.1 Å². The first-order chi connectivity index (χ1) is 28.3. The summed E-state index contributed by atoms with van der Waals surface area (Å²) in [6.07, 6.45) is 7.28. The Balaban J connectivity index is 0.918. The minimum absolute atomic E-state index is 0.0757. The highest BCUT2D eigenvalue weighted by molar-refractivity contribution is 7.19. The molecule has 0 bridgehead atoms. The first-order valence-corrected chi connectivity index (χ1v) is 21.5. The van der Waals surface area contributed by atoms with E-state index in [4.69, 9.17) is 16.6 Å². The zero-order valence-corrected chi connectivity index (χ0v) is 36.0. The average molecular weight is 859 g/mol. The lowest BCUT2D eigenvalue weighted by Crippen LogP contribution is -2.26. The molecular weight excluding hydrogens is 812 g/mol. The number of thiophene rings is 1. The number of thiazole rings is 1. The number of aromatic nitrogens is 4. The summed E-state index contributed by atoms with van der Waals surface area (Å²) in [4.78, 5) is 59.3. The van der Waals surface area contributed by atoms with E-state index < -0.39 is 16.9 Å². The quantitative estimate of drug-likeness (QED) is 0.0377. The second-order valence-corrected chi connectivity index (χ2v) is 17.0. The Hall–Kier alpha value is -5.52. The molecule has 0 unspecified atom stereocenters. The van der Waals surface area contributed by atoms with Crippen molar-refractivity contribution in [2.75, 3.05) is 29.0 Å². The molecule has 1 atom stereocenters. The van der Waals surface area contributed by atoms with Crippen LogP contribution in [-0.2, 0) is 9.59 Å². The molecule has 3 amide bonds. The summed E-state index contributed by atoms with van der Waals surface area (Å²) in [6.45, 7) is 10.3. The normalized spacial score (nSPS) is 13.2. The van der Waals surface area contributed by atoms with Gasteiger partial charge in [-0.3, -0.25) is 39.4 Å². The fourth-order valence-electron chi connectivity index (χ4n) is 6.90. The molecule has 0 spiro atoms. The van der Waals surface area contributed by atoms with Gasteiger partial charge in [-0.25, -0.2) is 4.98 Å². The van der Waals surface area contributed by atoms with E-state index in [1.807, 2.05) is 31.2 Å². The second kappa shape index (κ2) is 19.5. The molecule has 0 aliphatic carbocycles. The number of hydrogen-bond donors (Lipinski definition) is 4. The highest BCUT2D eigenvalue weighted by Gasteiger charge is 2.32. The molecule has 0 saturated carbocycles. The lowest BCUT2D eigenvalue weighted by atomic mass is 9.99. The SMILES string of the molecule is CC(=O)Nc1cc(NCCCCCCCCCNC(=O)C[C@@H]2N=C(c3ccc(Cl)cc3)c3c(sc(C)c3C)-n3c(C)nnc32)ccc1C(=O)Nc1nc(C)c([N+](=O)[O-])s1. The van der Waals surface area contributed by atoms with Gasteiger partial charge in [-0.1, -0.05) is 55.8 Å². The summed E-state index contributed by atoms with van der Waals surface area (Å²) in [7, 11) is 0. The van der Waals surface area contributed by atoms with Crippen LogP contribution in [0.5, 0.6) is 0 Å². The second-order valence-electron chi connectivity index (χ2n) is 14.4. The van der Waals surface area contributed by atoms with Crippen LogP contribution in [0.15, 0.2) is 47.5 Å². The van der Waals surface area contributed by atoms with E-state index in [0.29, 0.717) is 29.6 Å². The van der Waals surface area contributed by atoms with E-state index in [9.17, 15) is 24.5 Å². The largest absolute Gasteiger partial charge is 0.385 e. The van der Waals surface area contributed by atoms with Crippen LogP contribution in [0.25, 0.3) is 5.00 Å². The molecule has 6 rings (SSSR count). The van der Waals surface area contributed by atoms with Gasteiger partial charge >= 0.3 is 5.00 Å². The number of carbonyl (C=O) groups excluding carboxylic acids is 3. The van der Waals surface area contributed by atoms with Gasteiger partial charge in [0.1, 0.15) is 22.6 Å². The number of carbonyl (C=O) groups is 3. The van der Waals surface area contributed by atoms with Crippen molar-refractivity contribution in [2.45, 2.75) is 92.0 Å². The maximum absolute atomic E-state index is 13.3. The maximum Gasteiger partial charge on any atom is 0.348 e. The Morgan fingerprint density at radius 1 is 0.898 bits per heavy atom. The molecule has 0 saturated heterocycles. The smallest absolute Gasteiger partial charge is 0.348 e. The number of benzene rings is 2. The van der Waals surface area contributed by atoms with Gasteiger partial charge in [-0.05, 0) is 87.8 Å². The first kappa shape index (κ1) is 43.1. The van der Waals surface area contributed by atoms with Crippen LogP contribution in [0, 0.1) is 37.8 Å². The monoisotopic (exact) mass is 858 g/mol. The molecule has 18 heteroatoms. The van der Waals surface area contributed by atoms with Gasteiger partial charge < -0.3 is 16.0 Å². The van der Waals surface area contributed by atoms with Gasteiger partial charge in [0.15, 0.2) is 11.0 Å². The third-order valence-corrected chi connectivity index (χ3v) is 12.4. The average Bonchev–Trinajstić information content (AvgIpc) is 3.82. The molecule has 4 heterocycles. The van der Waals surface area contributed by atoms with Crippen LogP contribution >= 0.6 is 34.3 Å². The van der Waals surface area contributed by atoms with Crippen molar-refractivity contribution in [3.8, 4) is 5.00 Å². The summed E-state index contributed by atoms with van der Waals surface area (Å²) >= 11 is 8.69. The van der Waals surface area contributed by atoms with Crippen LogP contribution in [0.3, 0.4) is 0 Å². The maximum atomic E-state index is 13.3. The molecule has 2 aromatic carbocycles. The topological polar surface area (TPSA) is 198 Å². The Kier molecular flexibility index (Phi) is 14.2. The first-order valence-electron chi connectivity index (χ1n) is 19.5. The fourth-order valence-corrected chi connectivity index (χ4v) is 9.01. The zero-order valence-electron chi connectivity index (χ0n) is 33.6. The summed E-state index contributed by atoms with van der Waals surface area (Å²) in [5, 5.41) is 33.4. The van der Waals surface area contributed by atoms with Crippen LogP contribution < -0.4 is 21.3 Å². The highest BCUT2D eigenvalue weighted by atomic mass is 35.5. The van der Waals surface area contributed by atoms with Crippen LogP contribution in [-0.4, -0.2) is 61.2 Å². The van der Waals surface area contributed by atoms with Gasteiger partial charge in [0, 0.05) is 46.7 Å². The Labute approximate surface area is 355 Å². The predicted octanol–water partition coefficient (Wildman–Crippen LogP) is 9.03. The van der Waals surface area contributed by atoms with E-state index in [2.05, 4.69) is 54.9 Å². The third kappa shape index (κ3) is 10.6. The summed E-state index contributed by atoms with van der Waals surface area (Å²) in [5.41, 5.74) is 5.43. The van der Waals surface area contributed by atoms with Gasteiger partial charge in [-0.15, -0.1) is 21.5 Å². The van der Waals surface area contributed by atoms with Crippen LogP contribution in [0.4, 0.5) is 21.5 Å². The van der Waals surface area contributed by atoms with Crippen LogP contribution in [0.1, 0.15) is 114 Å². The fraction of sp³-hybridized carbons (Fsp3) is 0.390. The van der Waals surface area contributed by atoms with Crippen molar-refractivity contribution >= 4 is 79.2 Å². The molecule has 4 N–H and O–H groups in total. The number of fused-ring (bicyclic) bond motifs is 3. The summed E-state index contributed by atoms with van der Waals surface area (Å²) in [5.74, 6) is 0.465. The number of nitrogens with zero attached hydrogens (tertiary/aromatic N) is 6. The van der Waals surface area contributed by atoms with E-state index in [-0.39, 0.29) is 39.6 Å². The molecule has 3 aromatic heterocycles. The number of aryl methyl sites for hydroxylation is 3. The molecule has 1 aliphatic heterocycles. The number of halogens is 1. The van der Waals surface area contributed by atoms with Gasteiger partial charge in [0.2, 0.25) is 11.8 Å². The molecule has 1 aliphatic rings. The predicted molar refractivity (Wildman–Crippen MR) is 234 cm³/mol. The van der Waals surface area contributed by atoms with Crippen molar-refractivity contribution < 1.29 is 19.3 Å². The molecule has 5 aromatic rings. The Bertz CT molecular complexity index is 2390. The van der Waals surface area contributed by atoms with Crippen molar-refractivity contribution in [3.05, 3.63) is 102 Å². The van der Waals surface area contributed by atoms with Crippen molar-refractivity contribution in [1.29, 1.82) is 0 Å². The number of amides is 3. The van der Waals surface area contributed by atoms with Gasteiger partial charge in [0.05, 0.1) is 28.3 Å². The zero-order chi connectivity index (χ0) is 42.2. The van der Waals surface area contributed by atoms with E-state index >= 15 is 0 Å². The van der Waals surface area contributed by atoms with Gasteiger partial charge in [0.25, 0.3) is 5.91 Å². The number of nitrogens with one attached hydrogen (secondary N) is 4. The standard InChI is InChI=1S/C41H47ClN10O5S2/c1-23-25(3)58-40-35(23)36(28-13-15-29(42)16-14-28)47-33(37-50-49-26(4)51(37)40)22-34(54)44-20-12-10-8-6-7-9-11-19-43-30-17-18-31(32(21-30)46-27(5)53)38(55)48-41-45-24(2)39(59-41)52(56)57/h13-18,21,33,43H,6-12,19-20,22H2,1-5H3,(H,44,54)(H,46,53)(H,45,48,55)/t33-/m0/s1. The molecule has 0 fully saturated rings. The van der Waals surface area contributed by atoms with Gasteiger partial charge in [-0.2, -0.15) is 0 Å². The number of anilines is 3. The third-order valence-electron chi connectivity index (χ3n) is 9.97. The minimum Gasteiger partial charge on any atom is -0.385 e. The number of hydrogen-bond acceptors (Lipinski definition) is 12. The minimum atomic E-state index is -0.540. The number of aliphatic imine (C=N–C) groups is 1. The molecule has 59 heavy (non-hydrogen) atoms. The molecule has 0 radical (unpaired) electrons.